The third-order valence-electron chi connectivity index (χ3n) is 7.35. The van der Waals surface area contributed by atoms with Gasteiger partial charge in [-0.05, 0) is 68.1 Å². The van der Waals surface area contributed by atoms with Crippen LogP contribution >= 0.6 is 0 Å². The number of carbonyl (C=O) groups excluding carboxylic acids is 2. The van der Waals surface area contributed by atoms with Crippen molar-refractivity contribution >= 4 is 27.5 Å². The Morgan fingerprint density at radius 3 is 2.33 bits per heavy atom. The Kier molecular flexibility index (Phi) is 9.47. The van der Waals surface area contributed by atoms with Crippen LogP contribution in [0.3, 0.4) is 0 Å². The molecule has 0 saturated heterocycles. The van der Waals surface area contributed by atoms with Crippen LogP contribution < -0.4 is 14.4 Å². The van der Waals surface area contributed by atoms with Gasteiger partial charge in [0.15, 0.2) is 0 Å². The average molecular weight is 564 g/mol. The molecule has 0 aromatic heterocycles. The van der Waals surface area contributed by atoms with E-state index in [4.69, 9.17) is 4.74 Å². The highest BCUT2D eigenvalue weighted by Crippen LogP contribution is 2.27. The number of methoxy groups -OCH3 is 1. The lowest BCUT2D eigenvalue weighted by Gasteiger charge is -2.33. The Balaban J connectivity index is 1.69. The Morgan fingerprint density at radius 2 is 1.65 bits per heavy atom. The molecule has 4 rings (SSSR count). The van der Waals surface area contributed by atoms with Crippen LogP contribution in [0, 0.1) is 6.92 Å². The number of ether oxygens (including phenoxy) is 1. The van der Waals surface area contributed by atoms with E-state index in [1.54, 1.807) is 63.4 Å². The predicted molar refractivity (Wildman–Crippen MR) is 156 cm³/mol. The van der Waals surface area contributed by atoms with Crippen LogP contribution in [0.25, 0.3) is 0 Å². The van der Waals surface area contributed by atoms with Gasteiger partial charge in [0.1, 0.15) is 18.3 Å². The van der Waals surface area contributed by atoms with E-state index >= 15 is 0 Å². The molecule has 0 bridgehead atoms. The second-order valence-electron chi connectivity index (χ2n) is 10.2. The normalized spacial score (nSPS) is 14.4. The number of anilines is 1. The fourth-order valence-electron chi connectivity index (χ4n) is 5.02. The fourth-order valence-corrected chi connectivity index (χ4v) is 6.52. The molecule has 0 radical (unpaired) electrons. The highest BCUT2D eigenvalue weighted by molar-refractivity contribution is 7.92. The SMILES string of the molecule is COc1cccc(CN(C(=O)CN(c2ccccc2C)S(=O)(=O)c2ccccc2)[C@@H](C)C(=O)NC2CCCC2)c1. The lowest BCUT2D eigenvalue weighted by molar-refractivity contribution is -0.139. The zero-order chi connectivity index (χ0) is 28.7. The summed E-state index contributed by atoms with van der Waals surface area (Å²) in [5, 5.41) is 3.08. The number of hydrogen-bond acceptors (Lipinski definition) is 5. The molecule has 1 aliphatic rings. The van der Waals surface area contributed by atoms with Crippen molar-refractivity contribution in [1.82, 2.24) is 10.2 Å². The van der Waals surface area contributed by atoms with Gasteiger partial charge in [-0.2, -0.15) is 0 Å². The number of nitrogens with one attached hydrogen (secondary N) is 1. The molecule has 212 valence electrons. The summed E-state index contributed by atoms with van der Waals surface area (Å²) in [5.41, 5.74) is 1.88. The van der Waals surface area contributed by atoms with E-state index in [-0.39, 0.29) is 23.4 Å². The summed E-state index contributed by atoms with van der Waals surface area (Å²) >= 11 is 0. The highest BCUT2D eigenvalue weighted by atomic mass is 32.2. The van der Waals surface area contributed by atoms with Crippen LogP contribution in [0.5, 0.6) is 5.75 Å². The number of aryl methyl sites for hydroxylation is 1. The van der Waals surface area contributed by atoms with E-state index in [2.05, 4.69) is 5.32 Å². The summed E-state index contributed by atoms with van der Waals surface area (Å²) in [6.45, 7) is 3.14. The van der Waals surface area contributed by atoms with Crippen molar-refractivity contribution in [2.75, 3.05) is 18.0 Å². The summed E-state index contributed by atoms with van der Waals surface area (Å²) in [4.78, 5) is 28.9. The van der Waals surface area contributed by atoms with Crippen LogP contribution in [0.15, 0.2) is 83.8 Å². The van der Waals surface area contributed by atoms with E-state index in [0.29, 0.717) is 17.0 Å². The van der Waals surface area contributed by atoms with Crippen molar-refractivity contribution in [3.63, 3.8) is 0 Å². The van der Waals surface area contributed by atoms with Crippen molar-refractivity contribution in [2.24, 2.45) is 0 Å². The van der Waals surface area contributed by atoms with E-state index in [9.17, 15) is 18.0 Å². The minimum Gasteiger partial charge on any atom is -0.497 e. The Morgan fingerprint density at radius 1 is 0.975 bits per heavy atom. The number of benzene rings is 3. The lowest BCUT2D eigenvalue weighted by Crippen LogP contribution is -2.52. The summed E-state index contributed by atoms with van der Waals surface area (Å²) in [7, 11) is -2.52. The van der Waals surface area contributed by atoms with Gasteiger partial charge >= 0.3 is 0 Å². The topological polar surface area (TPSA) is 96.0 Å². The molecule has 1 N–H and O–H groups in total. The van der Waals surface area contributed by atoms with Gasteiger partial charge in [-0.15, -0.1) is 0 Å². The molecule has 3 aromatic rings. The number of hydrogen-bond donors (Lipinski definition) is 1. The van der Waals surface area contributed by atoms with Crippen molar-refractivity contribution in [2.45, 2.75) is 63.1 Å². The predicted octanol–water partition coefficient (Wildman–Crippen LogP) is 4.68. The van der Waals surface area contributed by atoms with E-state index in [0.717, 1.165) is 35.6 Å². The van der Waals surface area contributed by atoms with Gasteiger partial charge in [0, 0.05) is 12.6 Å². The van der Waals surface area contributed by atoms with Crippen molar-refractivity contribution in [3.05, 3.63) is 90.0 Å². The van der Waals surface area contributed by atoms with Crippen LogP contribution in [-0.2, 0) is 26.2 Å². The Labute approximate surface area is 237 Å². The number of amides is 2. The molecule has 2 amide bonds. The number of para-hydroxylation sites is 1. The van der Waals surface area contributed by atoms with Gasteiger partial charge < -0.3 is 15.0 Å². The van der Waals surface area contributed by atoms with Crippen molar-refractivity contribution < 1.29 is 22.7 Å². The first-order valence-corrected chi connectivity index (χ1v) is 15.0. The average Bonchev–Trinajstić information content (AvgIpc) is 3.48. The van der Waals surface area contributed by atoms with E-state index in [1.165, 1.54) is 17.0 Å². The standard InChI is InChI=1S/C31H37N3O5S/c1-23-12-7-10-19-29(23)34(40(37,38)28-17-5-4-6-18-28)22-30(35)33(21-25-13-11-16-27(20-25)39-3)24(2)31(36)32-26-14-8-9-15-26/h4-7,10-13,16-20,24,26H,8-9,14-15,21-22H2,1-3H3,(H,32,36)/t24-/m0/s1. The minimum atomic E-state index is -4.09. The van der Waals surface area contributed by atoms with E-state index < -0.39 is 28.5 Å². The molecule has 9 heteroatoms. The van der Waals surface area contributed by atoms with Gasteiger partial charge in [0.05, 0.1) is 17.7 Å². The van der Waals surface area contributed by atoms with Crippen molar-refractivity contribution in [1.29, 1.82) is 0 Å². The molecular formula is C31H37N3O5S. The maximum Gasteiger partial charge on any atom is 0.264 e. The quantitative estimate of drug-likeness (QED) is 0.366. The lowest BCUT2D eigenvalue weighted by atomic mass is 10.1. The molecular weight excluding hydrogens is 526 g/mol. The molecule has 1 aliphatic carbocycles. The summed E-state index contributed by atoms with van der Waals surface area (Å²) in [5.74, 6) is -0.114. The van der Waals surface area contributed by atoms with Crippen LogP contribution in [0.4, 0.5) is 5.69 Å². The monoisotopic (exact) mass is 563 g/mol. The minimum absolute atomic E-state index is 0.0809. The molecule has 40 heavy (non-hydrogen) atoms. The van der Waals surface area contributed by atoms with Crippen LogP contribution in [0.2, 0.25) is 0 Å². The van der Waals surface area contributed by atoms with Gasteiger partial charge in [0.25, 0.3) is 10.0 Å². The second-order valence-corrected chi connectivity index (χ2v) is 12.0. The molecule has 1 atom stereocenters. The van der Waals surface area contributed by atoms with Gasteiger partial charge in [-0.1, -0.05) is 61.4 Å². The van der Waals surface area contributed by atoms with Crippen LogP contribution in [-0.4, -0.2) is 50.9 Å². The maximum absolute atomic E-state index is 14.1. The van der Waals surface area contributed by atoms with E-state index in [1.807, 2.05) is 24.3 Å². The van der Waals surface area contributed by atoms with Gasteiger partial charge in [0.2, 0.25) is 11.8 Å². The second kappa shape index (κ2) is 13.0. The summed E-state index contributed by atoms with van der Waals surface area (Å²) in [6.07, 6.45) is 3.96. The third kappa shape index (κ3) is 6.83. The van der Waals surface area contributed by atoms with Crippen molar-refractivity contribution in [3.8, 4) is 5.75 Å². The Hall–Kier alpha value is -3.85. The van der Waals surface area contributed by atoms with Crippen LogP contribution in [0.1, 0.15) is 43.7 Å². The van der Waals surface area contributed by atoms with Gasteiger partial charge in [-0.3, -0.25) is 13.9 Å². The first-order valence-electron chi connectivity index (χ1n) is 13.6. The number of carbonyl (C=O) groups is 2. The molecule has 0 unspecified atom stereocenters. The summed E-state index contributed by atoms with van der Waals surface area (Å²) in [6, 6.07) is 21.7. The highest BCUT2D eigenvalue weighted by Gasteiger charge is 2.33. The fraction of sp³-hybridized carbons (Fsp3) is 0.355. The molecule has 0 spiro atoms. The molecule has 0 aliphatic heterocycles. The molecule has 3 aromatic carbocycles. The molecule has 1 saturated carbocycles. The third-order valence-corrected chi connectivity index (χ3v) is 9.12. The summed E-state index contributed by atoms with van der Waals surface area (Å²) < 4.78 is 34.2. The first kappa shape index (κ1) is 29.1. The smallest absolute Gasteiger partial charge is 0.264 e. The largest absolute Gasteiger partial charge is 0.497 e. The zero-order valence-corrected chi connectivity index (χ0v) is 24.1. The number of rotatable bonds is 11. The molecule has 8 nitrogen and oxygen atoms in total. The first-order chi connectivity index (χ1) is 19.2. The number of nitrogens with zero attached hydrogens (tertiary/aromatic N) is 2. The maximum atomic E-state index is 14.1. The molecule has 1 fully saturated rings. The zero-order valence-electron chi connectivity index (χ0n) is 23.2. The van der Waals surface area contributed by atoms with Gasteiger partial charge in [-0.25, -0.2) is 8.42 Å². The Bertz CT molecular complexity index is 1420. The molecule has 0 heterocycles. The number of sulfonamides is 1.